The number of nitrogens with one attached hydrogen (secondary N) is 1. The molecule has 0 aliphatic heterocycles. The summed E-state index contributed by atoms with van der Waals surface area (Å²) in [6, 6.07) is 3.87. The molecule has 0 aromatic carbocycles. The van der Waals surface area contributed by atoms with Crippen LogP contribution in [0.15, 0.2) is 18.3 Å². The molecule has 1 aromatic rings. The molecular formula is C11H18N4O. The van der Waals surface area contributed by atoms with Crippen LogP contribution in [0.5, 0.6) is 0 Å². The van der Waals surface area contributed by atoms with Crippen LogP contribution < -0.4 is 16.0 Å². The third kappa shape index (κ3) is 3.20. The molecule has 3 N–H and O–H groups in total. The van der Waals surface area contributed by atoms with Gasteiger partial charge < -0.3 is 16.0 Å². The van der Waals surface area contributed by atoms with E-state index in [0.717, 1.165) is 17.9 Å². The lowest BCUT2D eigenvalue weighted by Gasteiger charge is -2.22. The smallest absolute Gasteiger partial charge is 0.236 e. The van der Waals surface area contributed by atoms with Crippen molar-refractivity contribution < 1.29 is 4.79 Å². The lowest BCUT2D eigenvalue weighted by atomic mass is 10.2. The van der Waals surface area contributed by atoms with Crippen LogP contribution in [-0.2, 0) is 11.3 Å². The highest BCUT2D eigenvalue weighted by Crippen LogP contribution is 2.16. The van der Waals surface area contributed by atoms with Gasteiger partial charge in [-0.1, -0.05) is 6.07 Å². The molecular weight excluding hydrogens is 204 g/mol. The maximum absolute atomic E-state index is 10.9. The Morgan fingerprint density at radius 2 is 2.38 bits per heavy atom. The van der Waals surface area contributed by atoms with E-state index in [1.54, 1.807) is 6.20 Å². The zero-order valence-corrected chi connectivity index (χ0v) is 9.73. The van der Waals surface area contributed by atoms with Gasteiger partial charge in [-0.3, -0.25) is 4.79 Å². The van der Waals surface area contributed by atoms with Crippen LogP contribution in [0.25, 0.3) is 0 Å². The molecule has 0 radical (unpaired) electrons. The second kappa shape index (κ2) is 6.07. The zero-order valence-electron chi connectivity index (χ0n) is 9.73. The van der Waals surface area contributed by atoms with Crippen molar-refractivity contribution >= 4 is 11.7 Å². The van der Waals surface area contributed by atoms with Crippen molar-refractivity contribution in [2.45, 2.75) is 13.5 Å². The van der Waals surface area contributed by atoms with Crippen LogP contribution in [0.2, 0.25) is 0 Å². The Morgan fingerprint density at radius 3 is 2.94 bits per heavy atom. The van der Waals surface area contributed by atoms with Crippen LogP contribution in [0, 0.1) is 0 Å². The zero-order chi connectivity index (χ0) is 12.0. The molecule has 0 saturated carbocycles. The summed E-state index contributed by atoms with van der Waals surface area (Å²) in [6.07, 6.45) is 1.72. The Morgan fingerprint density at radius 1 is 1.62 bits per heavy atom. The molecule has 1 heterocycles. The molecule has 0 bridgehead atoms. The fourth-order valence-electron chi connectivity index (χ4n) is 1.57. The first-order valence-electron chi connectivity index (χ1n) is 5.30. The van der Waals surface area contributed by atoms with Crippen LogP contribution in [0.4, 0.5) is 5.82 Å². The Balaban J connectivity index is 2.94. The third-order valence-corrected chi connectivity index (χ3v) is 2.26. The van der Waals surface area contributed by atoms with Gasteiger partial charge in [0.1, 0.15) is 5.82 Å². The van der Waals surface area contributed by atoms with E-state index in [1.165, 1.54) is 0 Å². The molecule has 1 aromatic heterocycles. The van der Waals surface area contributed by atoms with E-state index in [9.17, 15) is 4.79 Å². The van der Waals surface area contributed by atoms with Gasteiger partial charge in [0.25, 0.3) is 0 Å². The number of carbonyl (C=O) groups excluding carboxylic acids is 1. The van der Waals surface area contributed by atoms with Crippen LogP contribution >= 0.6 is 0 Å². The molecule has 0 aliphatic carbocycles. The van der Waals surface area contributed by atoms with Crippen molar-refractivity contribution in [3.05, 3.63) is 23.9 Å². The molecule has 16 heavy (non-hydrogen) atoms. The number of hydrogen-bond donors (Lipinski definition) is 2. The SMILES string of the molecule is CCN(CC(N)=O)c1ncccc1CNC. The fraction of sp³-hybridized carbons (Fsp3) is 0.455. The largest absolute Gasteiger partial charge is 0.368 e. The van der Waals surface area contributed by atoms with Gasteiger partial charge in [0.15, 0.2) is 0 Å². The van der Waals surface area contributed by atoms with Crippen LogP contribution in [-0.4, -0.2) is 31.0 Å². The minimum Gasteiger partial charge on any atom is -0.368 e. The van der Waals surface area contributed by atoms with Gasteiger partial charge >= 0.3 is 0 Å². The third-order valence-electron chi connectivity index (χ3n) is 2.26. The van der Waals surface area contributed by atoms with Gasteiger partial charge in [-0.15, -0.1) is 0 Å². The summed E-state index contributed by atoms with van der Waals surface area (Å²) in [4.78, 5) is 17.1. The Labute approximate surface area is 95.7 Å². The first-order chi connectivity index (χ1) is 7.69. The highest BCUT2D eigenvalue weighted by Gasteiger charge is 2.12. The minimum atomic E-state index is -0.345. The van der Waals surface area contributed by atoms with Gasteiger partial charge in [-0.2, -0.15) is 0 Å². The standard InChI is InChI=1S/C11H18N4O/c1-3-15(8-10(12)16)11-9(7-13-2)5-4-6-14-11/h4-6,13H,3,7-8H2,1-2H3,(H2,12,16). The minimum absolute atomic E-state index is 0.199. The maximum Gasteiger partial charge on any atom is 0.236 e. The molecule has 88 valence electrons. The number of primary amides is 1. The number of nitrogens with two attached hydrogens (primary N) is 1. The molecule has 0 spiro atoms. The molecule has 5 nitrogen and oxygen atoms in total. The van der Waals surface area contributed by atoms with Crippen molar-refractivity contribution in [3.63, 3.8) is 0 Å². The van der Waals surface area contributed by atoms with Gasteiger partial charge in [-0.05, 0) is 20.0 Å². The second-order valence-corrected chi connectivity index (χ2v) is 3.50. The number of rotatable bonds is 6. The number of amides is 1. The highest BCUT2D eigenvalue weighted by atomic mass is 16.1. The maximum atomic E-state index is 10.9. The van der Waals surface area contributed by atoms with Gasteiger partial charge in [0.05, 0.1) is 6.54 Å². The van der Waals surface area contributed by atoms with Crippen LogP contribution in [0.3, 0.4) is 0 Å². The predicted molar refractivity (Wildman–Crippen MR) is 64.1 cm³/mol. The van der Waals surface area contributed by atoms with E-state index in [4.69, 9.17) is 5.73 Å². The van der Waals surface area contributed by atoms with E-state index >= 15 is 0 Å². The van der Waals surface area contributed by atoms with Crippen molar-refractivity contribution in [2.24, 2.45) is 5.73 Å². The predicted octanol–water partition coefficient (Wildman–Crippen LogP) is 0.113. The first kappa shape index (κ1) is 12.4. The summed E-state index contributed by atoms with van der Waals surface area (Å²) in [6.45, 7) is 3.60. The summed E-state index contributed by atoms with van der Waals surface area (Å²) < 4.78 is 0. The number of aromatic nitrogens is 1. The molecule has 0 atom stereocenters. The van der Waals surface area contributed by atoms with E-state index in [1.807, 2.05) is 31.0 Å². The molecule has 0 saturated heterocycles. The number of pyridine rings is 1. The average Bonchev–Trinajstić information content (AvgIpc) is 2.27. The number of hydrogen-bond acceptors (Lipinski definition) is 4. The fourth-order valence-corrected chi connectivity index (χ4v) is 1.57. The number of likely N-dealkylation sites (N-methyl/N-ethyl adjacent to an activating group) is 1. The first-order valence-corrected chi connectivity index (χ1v) is 5.30. The Kier molecular flexibility index (Phi) is 4.72. The van der Waals surface area contributed by atoms with Crippen molar-refractivity contribution in [2.75, 3.05) is 25.0 Å². The monoisotopic (exact) mass is 222 g/mol. The lowest BCUT2D eigenvalue weighted by molar-refractivity contribution is -0.116. The van der Waals surface area contributed by atoms with Gasteiger partial charge in [0, 0.05) is 24.8 Å². The Hall–Kier alpha value is -1.62. The molecule has 5 heteroatoms. The summed E-state index contributed by atoms with van der Waals surface area (Å²) in [5.41, 5.74) is 6.27. The normalized spacial score (nSPS) is 10.1. The van der Waals surface area contributed by atoms with E-state index < -0.39 is 0 Å². The molecule has 1 amide bonds. The van der Waals surface area contributed by atoms with Crippen molar-refractivity contribution in [1.29, 1.82) is 0 Å². The molecule has 0 aliphatic rings. The topological polar surface area (TPSA) is 71.2 Å². The summed E-state index contributed by atoms with van der Waals surface area (Å²) in [5, 5.41) is 3.07. The van der Waals surface area contributed by atoms with Gasteiger partial charge in [-0.25, -0.2) is 4.98 Å². The lowest BCUT2D eigenvalue weighted by Crippen LogP contribution is -2.35. The molecule has 0 unspecified atom stereocenters. The number of nitrogens with zero attached hydrogens (tertiary/aromatic N) is 2. The number of carbonyl (C=O) groups is 1. The molecule has 0 fully saturated rings. The van der Waals surface area contributed by atoms with E-state index in [2.05, 4.69) is 10.3 Å². The summed E-state index contributed by atoms with van der Waals surface area (Å²) in [5.74, 6) is 0.473. The van der Waals surface area contributed by atoms with E-state index in [-0.39, 0.29) is 12.5 Å². The second-order valence-electron chi connectivity index (χ2n) is 3.50. The average molecular weight is 222 g/mol. The summed E-state index contributed by atoms with van der Waals surface area (Å²) in [7, 11) is 1.88. The van der Waals surface area contributed by atoms with Crippen LogP contribution in [0.1, 0.15) is 12.5 Å². The molecule has 1 rings (SSSR count). The van der Waals surface area contributed by atoms with E-state index in [0.29, 0.717) is 6.54 Å². The quantitative estimate of drug-likeness (QED) is 0.717. The summed E-state index contributed by atoms with van der Waals surface area (Å²) >= 11 is 0. The van der Waals surface area contributed by atoms with Crippen molar-refractivity contribution in [1.82, 2.24) is 10.3 Å². The number of anilines is 1. The highest BCUT2D eigenvalue weighted by molar-refractivity contribution is 5.79. The van der Waals surface area contributed by atoms with Gasteiger partial charge in [0.2, 0.25) is 5.91 Å². The Bertz CT molecular complexity index is 354. The van der Waals surface area contributed by atoms with Crippen molar-refractivity contribution in [3.8, 4) is 0 Å².